The largest absolute Gasteiger partial charge is 0.444 e. The molecule has 0 unspecified atom stereocenters. The number of alkyl carbamates (subject to hydrolysis) is 1. The zero-order valence-corrected chi connectivity index (χ0v) is 15.1. The standard InChI is InChI=1S/C18H28N4O2/c1-6-13-11-19-16(20-12(13)2)21-14-7-9-15(10-8-14)22-17(23)24-18(3,4)5/h6,11,14-15H,1,7-10H2,2-5H3,(H,22,23)(H,19,20,21). The first-order valence-corrected chi connectivity index (χ1v) is 8.49. The molecule has 0 saturated heterocycles. The molecular weight excluding hydrogens is 304 g/mol. The Morgan fingerprint density at radius 2 is 1.92 bits per heavy atom. The lowest BCUT2D eigenvalue weighted by atomic mass is 9.91. The van der Waals surface area contributed by atoms with Crippen molar-refractivity contribution in [1.82, 2.24) is 15.3 Å². The summed E-state index contributed by atoms with van der Waals surface area (Å²) in [5, 5.41) is 6.34. The van der Waals surface area contributed by atoms with Gasteiger partial charge in [0.1, 0.15) is 5.60 Å². The number of nitrogens with one attached hydrogen (secondary N) is 2. The predicted molar refractivity (Wildman–Crippen MR) is 95.9 cm³/mol. The lowest BCUT2D eigenvalue weighted by Crippen LogP contribution is -2.42. The molecule has 0 aliphatic heterocycles. The average molecular weight is 332 g/mol. The van der Waals surface area contributed by atoms with E-state index < -0.39 is 5.60 Å². The van der Waals surface area contributed by atoms with Crippen LogP contribution < -0.4 is 10.6 Å². The molecule has 2 N–H and O–H groups in total. The molecule has 0 radical (unpaired) electrons. The molecule has 6 nitrogen and oxygen atoms in total. The van der Waals surface area contributed by atoms with Crippen LogP contribution in [0.1, 0.15) is 57.7 Å². The summed E-state index contributed by atoms with van der Waals surface area (Å²) in [5.74, 6) is 0.654. The Kier molecular flexibility index (Phi) is 5.80. The van der Waals surface area contributed by atoms with Gasteiger partial charge >= 0.3 is 6.09 Å². The molecule has 1 aliphatic rings. The zero-order chi connectivity index (χ0) is 17.7. The van der Waals surface area contributed by atoms with Gasteiger partial charge in [0.05, 0.1) is 5.69 Å². The van der Waals surface area contributed by atoms with Gasteiger partial charge in [-0.1, -0.05) is 12.7 Å². The van der Waals surface area contributed by atoms with Crippen molar-refractivity contribution in [1.29, 1.82) is 0 Å². The molecule has 0 bridgehead atoms. The number of hydrogen-bond acceptors (Lipinski definition) is 5. The van der Waals surface area contributed by atoms with Gasteiger partial charge in [-0.2, -0.15) is 0 Å². The molecule has 132 valence electrons. The van der Waals surface area contributed by atoms with Crippen molar-refractivity contribution in [2.75, 3.05) is 5.32 Å². The monoisotopic (exact) mass is 332 g/mol. The first kappa shape index (κ1) is 18.2. The van der Waals surface area contributed by atoms with Crippen LogP contribution in [-0.4, -0.2) is 33.7 Å². The van der Waals surface area contributed by atoms with E-state index in [9.17, 15) is 4.79 Å². The van der Waals surface area contributed by atoms with Crippen molar-refractivity contribution < 1.29 is 9.53 Å². The van der Waals surface area contributed by atoms with Gasteiger partial charge in [0.15, 0.2) is 0 Å². The summed E-state index contributed by atoms with van der Waals surface area (Å²) in [6.07, 6.45) is 6.97. The van der Waals surface area contributed by atoms with Gasteiger partial charge < -0.3 is 15.4 Å². The van der Waals surface area contributed by atoms with Gasteiger partial charge in [0.2, 0.25) is 5.95 Å². The number of anilines is 1. The van der Waals surface area contributed by atoms with Crippen LogP contribution in [0.5, 0.6) is 0 Å². The second-order valence-corrected chi connectivity index (χ2v) is 7.28. The molecule has 1 aromatic heterocycles. The fourth-order valence-electron chi connectivity index (χ4n) is 2.79. The molecule has 1 aromatic rings. The van der Waals surface area contributed by atoms with Crippen molar-refractivity contribution in [2.24, 2.45) is 0 Å². The molecule has 1 amide bonds. The number of ether oxygens (including phenoxy) is 1. The highest BCUT2D eigenvalue weighted by Gasteiger charge is 2.25. The van der Waals surface area contributed by atoms with E-state index in [-0.39, 0.29) is 12.1 Å². The maximum atomic E-state index is 11.8. The van der Waals surface area contributed by atoms with E-state index in [0.29, 0.717) is 12.0 Å². The second-order valence-electron chi connectivity index (χ2n) is 7.28. The topological polar surface area (TPSA) is 76.1 Å². The molecule has 1 saturated carbocycles. The fraction of sp³-hybridized carbons (Fsp3) is 0.611. The molecule has 24 heavy (non-hydrogen) atoms. The van der Waals surface area contributed by atoms with E-state index >= 15 is 0 Å². The normalized spacial score (nSPS) is 21.0. The van der Waals surface area contributed by atoms with E-state index in [1.54, 1.807) is 12.3 Å². The Hall–Kier alpha value is -2.11. The molecule has 1 heterocycles. The third-order valence-corrected chi connectivity index (χ3v) is 4.02. The first-order chi connectivity index (χ1) is 11.3. The first-order valence-electron chi connectivity index (χ1n) is 8.49. The Bertz CT molecular complexity index is 587. The number of carbonyl (C=O) groups is 1. The van der Waals surface area contributed by atoms with Gasteiger partial charge in [0.25, 0.3) is 0 Å². The van der Waals surface area contributed by atoms with Crippen molar-refractivity contribution in [3.05, 3.63) is 24.0 Å². The Balaban J connectivity index is 1.79. The minimum Gasteiger partial charge on any atom is -0.444 e. The van der Waals surface area contributed by atoms with Gasteiger partial charge in [-0.3, -0.25) is 0 Å². The molecule has 1 fully saturated rings. The van der Waals surface area contributed by atoms with E-state index in [1.807, 2.05) is 27.7 Å². The molecule has 0 aromatic carbocycles. The highest BCUT2D eigenvalue weighted by atomic mass is 16.6. The van der Waals surface area contributed by atoms with Crippen molar-refractivity contribution >= 4 is 18.1 Å². The lowest BCUT2D eigenvalue weighted by molar-refractivity contribution is 0.0492. The van der Waals surface area contributed by atoms with Crippen LogP contribution in [-0.2, 0) is 4.74 Å². The number of hydrogen-bond donors (Lipinski definition) is 2. The van der Waals surface area contributed by atoms with Crippen LogP contribution in [0.2, 0.25) is 0 Å². The van der Waals surface area contributed by atoms with Crippen LogP contribution in [0.15, 0.2) is 12.8 Å². The number of carbonyl (C=O) groups excluding carboxylic acids is 1. The average Bonchev–Trinajstić information content (AvgIpc) is 2.47. The van der Waals surface area contributed by atoms with Crippen molar-refractivity contribution in [2.45, 2.75) is 71.1 Å². The minimum absolute atomic E-state index is 0.170. The Morgan fingerprint density at radius 1 is 1.29 bits per heavy atom. The molecule has 2 rings (SSSR count). The van der Waals surface area contributed by atoms with Gasteiger partial charge in [-0.15, -0.1) is 0 Å². The van der Waals surface area contributed by atoms with Crippen LogP contribution in [0.4, 0.5) is 10.7 Å². The van der Waals surface area contributed by atoms with E-state index in [2.05, 4.69) is 27.2 Å². The van der Waals surface area contributed by atoms with Gasteiger partial charge in [-0.25, -0.2) is 14.8 Å². The van der Waals surface area contributed by atoms with E-state index in [4.69, 9.17) is 4.74 Å². The fourth-order valence-corrected chi connectivity index (χ4v) is 2.79. The molecule has 1 aliphatic carbocycles. The third-order valence-electron chi connectivity index (χ3n) is 4.02. The smallest absolute Gasteiger partial charge is 0.407 e. The second kappa shape index (κ2) is 7.64. The van der Waals surface area contributed by atoms with Crippen molar-refractivity contribution in [3.63, 3.8) is 0 Å². The highest BCUT2D eigenvalue weighted by molar-refractivity contribution is 5.68. The number of nitrogens with zero attached hydrogens (tertiary/aromatic N) is 2. The maximum absolute atomic E-state index is 11.8. The van der Waals surface area contributed by atoms with Crippen LogP contribution in [0.3, 0.4) is 0 Å². The third kappa shape index (κ3) is 5.51. The lowest BCUT2D eigenvalue weighted by Gasteiger charge is -2.30. The van der Waals surface area contributed by atoms with Crippen LogP contribution >= 0.6 is 0 Å². The molecular formula is C18H28N4O2. The Labute approximate surface area is 144 Å². The maximum Gasteiger partial charge on any atom is 0.407 e. The van der Waals surface area contributed by atoms with Crippen LogP contribution in [0, 0.1) is 6.92 Å². The summed E-state index contributed by atoms with van der Waals surface area (Å²) in [6, 6.07) is 0.499. The van der Waals surface area contributed by atoms with Crippen LogP contribution in [0.25, 0.3) is 6.08 Å². The summed E-state index contributed by atoms with van der Waals surface area (Å²) in [6.45, 7) is 11.3. The predicted octanol–water partition coefficient (Wildman–Crippen LogP) is 3.68. The molecule has 0 atom stereocenters. The van der Waals surface area contributed by atoms with E-state index in [1.165, 1.54) is 0 Å². The minimum atomic E-state index is -0.463. The number of aromatic nitrogens is 2. The zero-order valence-electron chi connectivity index (χ0n) is 15.1. The van der Waals surface area contributed by atoms with Gasteiger partial charge in [0, 0.05) is 23.8 Å². The highest BCUT2D eigenvalue weighted by Crippen LogP contribution is 2.22. The SMILES string of the molecule is C=Cc1cnc(NC2CCC(NC(=O)OC(C)(C)C)CC2)nc1C. The quantitative estimate of drug-likeness (QED) is 0.879. The summed E-state index contributed by atoms with van der Waals surface area (Å²) >= 11 is 0. The Morgan fingerprint density at radius 3 is 2.46 bits per heavy atom. The summed E-state index contributed by atoms with van der Waals surface area (Å²) in [4.78, 5) is 20.6. The summed E-state index contributed by atoms with van der Waals surface area (Å²) < 4.78 is 5.30. The number of amides is 1. The molecule has 6 heteroatoms. The van der Waals surface area contributed by atoms with Gasteiger partial charge in [-0.05, 0) is 53.4 Å². The number of aryl methyl sites for hydroxylation is 1. The summed E-state index contributed by atoms with van der Waals surface area (Å²) in [5.41, 5.74) is 1.41. The van der Waals surface area contributed by atoms with Crippen molar-refractivity contribution in [3.8, 4) is 0 Å². The number of rotatable bonds is 4. The summed E-state index contributed by atoms with van der Waals surface area (Å²) in [7, 11) is 0. The molecule has 0 spiro atoms. The van der Waals surface area contributed by atoms with E-state index in [0.717, 1.165) is 36.9 Å².